The number of pyridine rings is 1. The van der Waals surface area contributed by atoms with Gasteiger partial charge in [-0.3, -0.25) is 9.78 Å². The van der Waals surface area contributed by atoms with Crippen molar-refractivity contribution in [2.45, 2.75) is 0 Å². The van der Waals surface area contributed by atoms with Gasteiger partial charge in [-0.25, -0.2) is 4.99 Å². The van der Waals surface area contributed by atoms with Crippen LogP contribution in [-0.4, -0.2) is 15.3 Å². The van der Waals surface area contributed by atoms with E-state index in [-0.39, 0.29) is 5.78 Å². The molecule has 0 fully saturated rings. The number of carbonyl (C=O) groups is 1. The van der Waals surface area contributed by atoms with Gasteiger partial charge in [-0.2, -0.15) is 0 Å². The molecule has 0 aliphatic rings. The number of hydrogen-bond acceptors (Lipinski definition) is 4. The van der Waals surface area contributed by atoms with Crippen LogP contribution >= 0.6 is 11.3 Å². The fraction of sp³-hybridized carbons (Fsp3) is 0.0625. The standard InChI is InChI=1S/C16H13N3OS/c1-19-14(15(20)12-6-3-2-4-7-12)11-21-16(19)18-13-8-5-9-17-10-13/h2-11H,1H3. The minimum atomic E-state index is 0.00184. The highest BCUT2D eigenvalue weighted by Gasteiger charge is 2.13. The first-order valence-corrected chi connectivity index (χ1v) is 7.33. The van der Waals surface area contributed by atoms with Crippen LogP contribution in [0.4, 0.5) is 5.69 Å². The van der Waals surface area contributed by atoms with Gasteiger partial charge in [0.15, 0.2) is 4.80 Å². The molecule has 2 heterocycles. The summed E-state index contributed by atoms with van der Waals surface area (Å²) in [5.74, 6) is 0.00184. The number of ketones is 1. The quantitative estimate of drug-likeness (QED) is 0.697. The largest absolute Gasteiger partial charge is 0.317 e. The molecule has 3 aromatic rings. The second kappa shape index (κ2) is 5.85. The van der Waals surface area contributed by atoms with Gasteiger partial charge in [-0.05, 0) is 12.1 Å². The third kappa shape index (κ3) is 2.83. The second-order valence-corrected chi connectivity index (χ2v) is 5.32. The number of thiazole rings is 1. The lowest BCUT2D eigenvalue weighted by atomic mass is 10.1. The third-order valence-corrected chi connectivity index (χ3v) is 3.98. The fourth-order valence-corrected chi connectivity index (χ4v) is 2.84. The van der Waals surface area contributed by atoms with Gasteiger partial charge in [0.2, 0.25) is 5.78 Å². The van der Waals surface area contributed by atoms with Crippen molar-refractivity contribution in [1.82, 2.24) is 9.55 Å². The highest BCUT2D eigenvalue weighted by atomic mass is 32.1. The molecule has 2 aromatic heterocycles. The van der Waals surface area contributed by atoms with Gasteiger partial charge in [-0.15, -0.1) is 11.3 Å². The Morgan fingerprint density at radius 2 is 2.00 bits per heavy atom. The van der Waals surface area contributed by atoms with Crippen molar-refractivity contribution in [3.05, 3.63) is 76.3 Å². The summed E-state index contributed by atoms with van der Waals surface area (Å²) in [6.07, 6.45) is 3.40. The van der Waals surface area contributed by atoms with Crippen molar-refractivity contribution >= 4 is 22.8 Å². The molecule has 0 unspecified atom stereocenters. The Labute approximate surface area is 126 Å². The minimum Gasteiger partial charge on any atom is -0.317 e. The zero-order chi connectivity index (χ0) is 14.7. The van der Waals surface area contributed by atoms with Gasteiger partial charge in [0.05, 0.1) is 11.9 Å². The molecule has 0 aliphatic heterocycles. The summed E-state index contributed by atoms with van der Waals surface area (Å²) in [6, 6.07) is 13.0. The molecular weight excluding hydrogens is 282 g/mol. The van der Waals surface area contributed by atoms with Crippen molar-refractivity contribution in [2.24, 2.45) is 12.0 Å². The average Bonchev–Trinajstić information content (AvgIpc) is 2.89. The van der Waals surface area contributed by atoms with E-state index in [4.69, 9.17) is 0 Å². The SMILES string of the molecule is Cn1c(C(=O)c2ccccc2)csc1=Nc1cccnc1. The Hall–Kier alpha value is -2.53. The second-order valence-electron chi connectivity index (χ2n) is 4.48. The molecule has 5 heteroatoms. The third-order valence-electron chi connectivity index (χ3n) is 3.06. The van der Waals surface area contributed by atoms with Crippen LogP contribution in [0, 0.1) is 0 Å². The van der Waals surface area contributed by atoms with E-state index in [9.17, 15) is 4.79 Å². The highest BCUT2D eigenvalue weighted by Crippen LogP contribution is 2.11. The van der Waals surface area contributed by atoms with Gasteiger partial charge >= 0.3 is 0 Å². The smallest absolute Gasteiger partial charge is 0.210 e. The maximum Gasteiger partial charge on any atom is 0.210 e. The summed E-state index contributed by atoms with van der Waals surface area (Å²) in [5, 5.41) is 1.84. The first-order chi connectivity index (χ1) is 10.3. The molecule has 0 N–H and O–H groups in total. The van der Waals surface area contributed by atoms with E-state index >= 15 is 0 Å². The van der Waals surface area contributed by atoms with E-state index in [2.05, 4.69) is 9.98 Å². The van der Waals surface area contributed by atoms with Gasteiger partial charge < -0.3 is 4.57 Å². The van der Waals surface area contributed by atoms with Crippen molar-refractivity contribution in [3.63, 3.8) is 0 Å². The summed E-state index contributed by atoms with van der Waals surface area (Å²) in [7, 11) is 1.85. The summed E-state index contributed by atoms with van der Waals surface area (Å²) in [6.45, 7) is 0. The maximum atomic E-state index is 12.5. The van der Waals surface area contributed by atoms with Crippen molar-refractivity contribution in [3.8, 4) is 0 Å². The highest BCUT2D eigenvalue weighted by molar-refractivity contribution is 7.07. The van der Waals surface area contributed by atoms with Gasteiger partial charge in [0.25, 0.3) is 0 Å². The average molecular weight is 295 g/mol. The van der Waals surface area contributed by atoms with Crippen molar-refractivity contribution < 1.29 is 4.79 Å². The zero-order valence-corrected chi connectivity index (χ0v) is 12.2. The lowest BCUT2D eigenvalue weighted by Gasteiger charge is -2.01. The molecule has 0 aliphatic carbocycles. The fourth-order valence-electron chi connectivity index (χ4n) is 1.94. The molecule has 0 saturated heterocycles. The van der Waals surface area contributed by atoms with Crippen LogP contribution in [0.2, 0.25) is 0 Å². The number of carbonyl (C=O) groups excluding carboxylic acids is 1. The molecule has 4 nitrogen and oxygen atoms in total. The summed E-state index contributed by atoms with van der Waals surface area (Å²) < 4.78 is 1.81. The van der Waals surface area contributed by atoms with Crippen LogP contribution in [0.1, 0.15) is 16.1 Å². The van der Waals surface area contributed by atoms with Crippen LogP contribution < -0.4 is 4.80 Å². The van der Waals surface area contributed by atoms with Crippen LogP contribution in [0.3, 0.4) is 0 Å². The van der Waals surface area contributed by atoms with E-state index in [1.807, 2.05) is 59.5 Å². The molecule has 0 atom stereocenters. The summed E-state index contributed by atoms with van der Waals surface area (Å²) in [4.78, 5) is 21.8. The first kappa shape index (κ1) is 13.5. The lowest BCUT2D eigenvalue weighted by molar-refractivity contribution is 0.103. The topological polar surface area (TPSA) is 47.2 Å². The lowest BCUT2D eigenvalue weighted by Crippen LogP contribution is -2.16. The Balaban J connectivity index is 2.01. The van der Waals surface area contributed by atoms with Crippen LogP contribution in [0.25, 0.3) is 0 Å². The maximum absolute atomic E-state index is 12.5. The Morgan fingerprint density at radius 1 is 1.19 bits per heavy atom. The van der Waals surface area contributed by atoms with E-state index in [1.165, 1.54) is 11.3 Å². The van der Waals surface area contributed by atoms with Gasteiger partial charge in [0, 0.05) is 24.2 Å². The molecule has 0 radical (unpaired) electrons. The Bertz CT molecular complexity index is 819. The molecule has 3 rings (SSSR count). The first-order valence-electron chi connectivity index (χ1n) is 6.45. The molecule has 0 saturated carbocycles. The monoisotopic (exact) mass is 295 g/mol. The van der Waals surface area contributed by atoms with E-state index < -0.39 is 0 Å². The molecular formula is C16H13N3OS. The number of benzene rings is 1. The Morgan fingerprint density at radius 3 is 2.71 bits per heavy atom. The van der Waals surface area contributed by atoms with Crippen molar-refractivity contribution in [2.75, 3.05) is 0 Å². The van der Waals surface area contributed by atoms with E-state index in [1.54, 1.807) is 12.4 Å². The Kier molecular flexibility index (Phi) is 3.75. The molecule has 21 heavy (non-hydrogen) atoms. The van der Waals surface area contributed by atoms with E-state index in [0.29, 0.717) is 11.3 Å². The zero-order valence-electron chi connectivity index (χ0n) is 11.4. The normalized spacial score (nSPS) is 11.6. The molecule has 1 aromatic carbocycles. The van der Waals surface area contributed by atoms with Crippen molar-refractivity contribution in [1.29, 1.82) is 0 Å². The summed E-state index contributed by atoms with van der Waals surface area (Å²) in [5.41, 5.74) is 2.08. The van der Waals surface area contributed by atoms with Crippen LogP contribution in [0.15, 0.2) is 65.2 Å². The molecule has 0 spiro atoms. The predicted octanol–water partition coefficient (Wildman–Crippen LogP) is 2.95. The number of hydrogen-bond donors (Lipinski definition) is 0. The van der Waals surface area contributed by atoms with Crippen LogP contribution in [0.5, 0.6) is 0 Å². The molecule has 0 bridgehead atoms. The molecule has 0 amide bonds. The number of aromatic nitrogens is 2. The number of nitrogens with zero attached hydrogens (tertiary/aromatic N) is 3. The van der Waals surface area contributed by atoms with E-state index in [0.717, 1.165) is 10.5 Å². The predicted molar refractivity (Wildman–Crippen MR) is 82.6 cm³/mol. The van der Waals surface area contributed by atoms with Gasteiger partial charge in [0.1, 0.15) is 5.69 Å². The minimum absolute atomic E-state index is 0.00184. The van der Waals surface area contributed by atoms with Gasteiger partial charge in [-0.1, -0.05) is 30.3 Å². The summed E-state index contributed by atoms with van der Waals surface area (Å²) >= 11 is 1.44. The number of rotatable bonds is 3. The van der Waals surface area contributed by atoms with Crippen LogP contribution in [-0.2, 0) is 7.05 Å². The molecule has 104 valence electrons.